The smallest absolute Gasteiger partial charge is 0.274 e. The third kappa shape index (κ3) is 3.41. The third-order valence-electron chi connectivity index (χ3n) is 4.73. The van der Waals surface area contributed by atoms with Gasteiger partial charge in [0.25, 0.3) is 11.3 Å². The van der Waals surface area contributed by atoms with Crippen molar-refractivity contribution in [2.45, 2.75) is 13.0 Å². The number of aromatic nitrogens is 4. The van der Waals surface area contributed by atoms with Gasteiger partial charge in [-0.3, -0.25) is 9.89 Å². The van der Waals surface area contributed by atoms with E-state index in [-0.39, 0.29) is 5.56 Å². The first-order chi connectivity index (χ1) is 12.2. The molecule has 130 valence electrons. The average Bonchev–Trinajstić information content (AvgIpc) is 3.25. The van der Waals surface area contributed by atoms with Crippen LogP contribution in [0.5, 0.6) is 0 Å². The first-order valence-corrected chi connectivity index (χ1v) is 8.59. The molecule has 1 aromatic carbocycles. The molecule has 3 heterocycles. The summed E-state index contributed by atoms with van der Waals surface area (Å²) < 4.78 is 1.35. The van der Waals surface area contributed by atoms with Gasteiger partial charge in [0.15, 0.2) is 0 Å². The van der Waals surface area contributed by atoms with Gasteiger partial charge in [0, 0.05) is 37.9 Å². The van der Waals surface area contributed by atoms with Gasteiger partial charge in [-0.05, 0) is 31.5 Å². The van der Waals surface area contributed by atoms with Crippen LogP contribution in [-0.2, 0) is 6.54 Å². The minimum atomic E-state index is -0.123. The summed E-state index contributed by atoms with van der Waals surface area (Å²) in [5, 5.41) is 2.76. The number of nitrogens with one attached hydrogen (secondary N) is 1. The second-order valence-electron chi connectivity index (χ2n) is 6.74. The van der Waals surface area contributed by atoms with Crippen molar-refractivity contribution in [3.63, 3.8) is 0 Å². The van der Waals surface area contributed by atoms with E-state index in [1.165, 1.54) is 23.0 Å². The van der Waals surface area contributed by atoms with E-state index in [1.807, 2.05) is 0 Å². The highest BCUT2D eigenvalue weighted by atomic mass is 16.1. The van der Waals surface area contributed by atoms with Crippen molar-refractivity contribution >= 4 is 11.5 Å². The van der Waals surface area contributed by atoms with Gasteiger partial charge in [-0.25, -0.2) is 9.97 Å². The van der Waals surface area contributed by atoms with E-state index >= 15 is 0 Å². The predicted octanol–water partition coefficient (Wildman–Crippen LogP) is 1.38. The van der Waals surface area contributed by atoms with Crippen molar-refractivity contribution in [1.82, 2.24) is 24.5 Å². The standard InChI is InChI=1S/C18H22N6O/c1-22(12-15-9-17(25)24-18(21-15)19-13-20-24)10-14-7-8-23(11-14)16-5-3-2-4-6-16/h2-6,9,13-14H,7-8,10-12H2,1H3,(H,19,20,21)/t14-/m1/s1. The lowest BCUT2D eigenvalue weighted by Crippen LogP contribution is -2.29. The lowest BCUT2D eigenvalue weighted by atomic mass is 10.1. The van der Waals surface area contributed by atoms with Crippen LogP contribution >= 0.6 is 0 Å². The third-order valence-corrected chi connectivity index (χ3v) is 4.73. The molecule has 1 fully saturated rings. The van der Waals surface area contributed by atoms with Gasteiger partial charge in [0.1, 0.15) is 6.33 Å². The number of nitrogens with zero attached hydrogens (tertiary/aromatic N) is 5. The molecule has 1 N–H and O–H groups in total. The minimum Gasteiger partial charge on any atom is -0.371 e. The maximum absolute atomic E-state index is 12.0. The molecular formula is C18H22N6O. The highest BCUT2D eigenvalue weighted by molar-refractivity contribution is 5.46. The Kier molecular flexibility index (Phi) is 4.23. The molecule has 7 heteroatoms. The molecule has 0 radical (unpaired) electrons. The van der Waals surface area contributed by atoms with Crippen LogP contribution in [0.15, 0.2) is 47.5 Å². The van der Waals surface area contributed by atoms with Crippen LogP contribution in [0.1, 0.15) is 12.1 Å². The Morgan fingerprint density at radius 2 is 2.16 bits per heavy atom. The normalized spacial score (nSPS) is 17.7. The molecular weight excluding hydrogens is 316 g/mol. The Balaban J connectivity index is 1.37. The van der Waals surface area contributed by atoms with Crippen LogP contribution in [0.3, 0.4) is 0 Å². The molecule has 3 aromatic rings. The van der Waals surface area contributed by atoms with E-state index in [4.69, 9.17) is 0 Å². The largest absolute Gasteiger partial charge is 0.371 e. The van der Waals surface area contributed by atoms with E-state index in [0.29, 0.717) is 18.2 Å². The molecule has 0 unspecified atom stereocenters. The number of para-hydroxylation sites is 1. The Labute approximate surface area is 145 Å². The zero-order chi connectivity index (χ0) is 17.2. The van der Waals surface area contributed by atoms with E-state index in [1.54, 1.807) is 6.07 Å². The predicted molar refractivity (Wildman–Crippen MR) is 96.7 cm³/mol. The van der Waals surface area contributed by atoms with E-state index < -0.39 is 0 Å². The Bertz CT molecular complexity index is 903. The molecule has 4 rings (SSSR count). The summed E-state index contributed by atoms with van der Waals surface area (Å²) in [5.74, 6) is 1.05. The van der Waals surface area contributed by atoms with Crippen LogP contribution in [0.25, 0.3) is 5.78 Å². The van der Waals surface area contributed by atoms with Gasteiger partial charge in [-0.15, -0.1) is 0 Å². The molecule has 1 atom stereocenters. The molecule has 25 heavy (non-hydrogen) atoms. The topological polar surface area (TPSA) is 69.5 Å². The second kappa shape index (κ2) is 6.68. The molecule has 0 aliphatic carbocycles. The summed E-state index contributed by atoms with van der Waals surface area (Å²) in [4.78, 5) is 25.2. The van der Waals surface area contributed by atoms with E-state index in [2.05, 4.69) is 62.2 Å². The molecule has 7 nitrogen and oxygen atoms in total. The number of benzene rings is 1. The molecule has 0 saturated carbocycles. The van der Waals surface area contributed by atoms with Crippen LogP contribution in [0, 0.1) is 5.92 Å². The van der Waals surface area contributed by atoms with Crippen LogP contribution in [0.2, 0.25) is 0 Å². The van der Waals surface area contributed by atoms with Gasteiger partial charge in [-0.2, -0.15) is 4.52 Å². The Morgan fingerprint density at radius 1 is 1.32 bits per heavy atom. The molecule has 0 spiro atoms. The lowest BCUT2D eigenvalue weighted by Gasteiger charge is -2.22. The number of hydrogen-bond acceptors (Lipinski definition) is 5. The molecule has 1 saturated heterocycles. The van der Waals surface area contributed by atoms with Crippen molar-refractivity contribution in [3.8, 4) is 0 Å². The summed E-state index contributed by atoms with van der Waals surface area (Å²) in [5.41, 5.74) is 1.94. The summed E-state index contributed by atoms with van der Waals surface area (Å²) in [7, 11) is 2.08. The zero-order valence-corrected chi connectivity index (χ0v) is 14.3. The fraction of sp³-hybridized carbons (Fsp3) is 0.389. The van der Waals surface area contributed by atoms with Gasteiger partial charge >= 0.3 is 0 Å². The zero-order valence-electron chi connectivity index (χ0n) is 14.3. The van der Waals surface area contributed by atoms with Crippen LogP contribution < -0.4 is 10.5 Å². The van der Waals surface area contributed by atoms with E-state index in [0.717, 1.165) is 25.3 Å². The van der Waals surface area contributed by atoms with Gasteiger partial charge in [-0.1, -0.05) is 18.2 Å². The first kappa shape index (κ1) is 15.8. The maximum atomic E-state index is 12.0. The van der Waals surface area contributed by atoms with Crippen LogP contribution in [-0.4, -0.2) is 51.2 Å². The average molecular weight is 338 g/mol. The number of aromatic amines is 1. The van der Waals surface area contributed by atoms with Crippen LogP contribution in [0.4, 0.5) is 5.69 Å². The Hall–Kier alpha value is -2.67. The lowest BCUT2D eigenvalue weighted by molar-refractivity contribution is 0.276. The maximum Gasteiger partial charge on any atom is 0.274 e. The number of hydrogen-bond donors (Lipinski definition) is 1. The number of fused-ring (bicyclic) bond motifs is 1. The fourth-order valence-electron chi connectivity index (χ4n) is 3.59. The Morgan fingerprint density at radius 3 is 3.00 bits per heavy atom. The van der Waals surface area contributed by atoms with Gasteiger partial charge in [0.2, 0.25) is 0 Å². The summed E-state index contributed by atoms with van der Waals surface area (Å²) in [6, 6.07) is 12.1. The summed E-state index contributed by atoms with van der Waals surface area (Å²) >= 11 is 0. The van der Waals surface area contributed by atoms with Gasteiger partial charge in [0.05, 0.1) is 5.69 Å². The summed E-state index contributed by atoms with van der Waals surface area (Å²) in [6.07, 6.45) is 2.67. The quantitative estimate of drug-likeness (QED) is 0.761. The highest BCUT2D eigenvalue weighted by Gasteiger charge is 2.23. The molecule has 2 aromatic heterocycles. The SMILES string of the molecule is CN(Cc1cc(=O)n2[nH]cnc2n1)C[C@H]1CCN(c2ccccc2)C1. The van der Waals surface area contributed by atoms with Crippen molar-refractivity contribution < 1.29 is 0 Å². The number of rotatable bonds is 5. The molecule has 1 aliphatic rings. The highest BCUT2D eigenvalue weighted by Crippen LogP contribution is 2.24. The molecule has 1 aliphatic heterocycles. The number of anilines is 1. The van der Waals surface area contributed by atoms with Crippen molar-refractivity contribution in [3.05, 3.63) is 58.8 Å². The minimum absolute atomic E-state index is 0.123. The monoisotopic (exact) mass is 338 g/mol. The number of H-pyrrole nitrogens is 1. The van der Waals surface area contributed by atoms with Crippen molar-refractivity contribution in [2.75, 3.05) is 31.6 Å². The molecule has 0 bridgehead atoms. The van der Waals surface area contributed by atoms with Gasteiger partial charge < -0.3 is 9.80 Å². The van der Waals surface area contributed by atoms with E-state index in [9.17, 15) is 4.79 Å². The second-order valence-corrected chi connectivity index (χ2v) is 6.74. The summed E-state index contributed by atoms with van der Waals surface area (Å²) in [6.45, 7) is 3.82. The van der Waals surface area contributed by atoms with Crippen molar-refractivity contribution in [2.24, 2.45) is 5.92 Å². The van der Waals surface area contributed by atoms with Crippen molar-refractivity contribution in [1.29, 1.82) is 0 Å². The fourth-order valence-corrected chi connectivity index (χ4v) is 3.59. The molecule has 0 amide bonds. The first-order valence-electron chi connectivity index (χ1n) is 8.59.